The maximum Gasteiger partial charge on any atom is 0.348 e. The van der Waals surface area contributed by atoms with Crippen LogP contribution in [0.25, 0.3) is 10.2 Å². The van der Waals surface area contributed by atoms with Crippen molar-refractivity contribution in [2.75, 3.05) is 6.61 Å². The summed E-state index contributed by atoms with van der Waals surface area (Å²) >= 11 is 1.36. The largest absolute Gasteiger partial charge is 0.462 e. The van der Waals surface area contributed by atoms with Crippen LogP contribution in [-0.4, -0.2) is 22.8 Å². The Hall–Kier alpha value is -1.36. The van der Waals surface area contributed by atoms with Gasteiger partial charge in [-0.2, -0.15) is 5.10 Å². The van der Waals surface area contributed by atoms with Gasteiger partial charge >= 0.3 is 5.97 Å². The molecule has 2 aromatic rings. The molecule has 0 amide bonds. The van der Waals surface area contributed by atoms with E-state index < -0.39 is 0 Å². The Morgan fingerprint density at radius 3 is 3.31 bits per heavy atom. The molecule has 5 heteroatoms. The highest BCUT2D eigenvalue weighted by molar-refractivity contribution is 7.20. The molecule has 4 nitrogen and oxygen atoms in total. The third-order valence-corrected chi connectivity index (χ3v) is 2.64. The van der Waals surface area contributed by atoms with Crippen molar-refractivity contribution in [3.8, 4) is 0 Å². The van der Waals surface area contributed by atoms with Gasteiger partial charge in [0, 0.05) is 5.39 Å². The molecule has 0 aliphatic rings. The zero-order valence-corrected chi connectivity index (χ0v) is 7.85. The van der Waals surface area contributed by atoms with Crippen LogP contribution in [0.15, 0.2) is 12.3 Å². The minimum Gasteiger partial charge on any atom is -0.462 e. The van der Waals surface area contributed by atoms with E-state index in [1.807, 2.05) is 0 Å². The van der Waals surface area contributed by atoms with Gasteiger partial charge < -0.3 is 4.74 Å². The van der Waals surface area contributed by atoms with E-state index in [2.05, 4.69) is 10.2 Å². The van der Waals surface area contributed by atoms with E-state index in [1.54, 1.807) is 19.2 Å². The summed E-state index contributed by atoms with van der Waals surface area (Å²) in [6.45, 7) is 2.20. The van der Waals surface area contributed by atoms with E-state index in [4.69, 9.17) is 4.74 Å². The van der Waals surface area contributed by atoms with Crippen molar-refractivity contribution in [1.29, 1.82) is 0 Å². The van der Waals surface area contributed by atoms with Crippen LogP contribution in [0.4, 0.5) is 0 Å². The van der Waals surface area contributed by atoms with Gasteiger partial charge in [-0.25, -0.2) is 4.79 Å². The average molecular weight is 196 g/mol. The summed E-state index contributed by atoms with van der Waals surface area (Å²) in [5.74, 6) is -0.267. The number of carbonyl (C=O) groups excluding carboxylic acids is 1. The molecule has 68 valence electrons. The highest BCUT2D eigenvalue weighted by Gasteiger charge is 2.11. The van der Waals surface area contributed by atoms with Crippen LogP contribution in [-0.2, 0) is 4.74 Å². The van der Waals surface area contributed by atoms with Gasteiger partial charge in [-0.3, -0.25) is 5.10 Å². The number of rotatable bonds is 2. The highest BCUT2D eigenvalue weighted by Crippen LogP contribution is 2.23. The molecular weight excluding hydrogens is 188 g/mol. The number of hydrogen-bond donors (Lipinski definition) is 1. The smallest absolute Gasteiger partial charge is 0.348 e. The predicted octanol–water partition coefficient (Wildman–Crippen LogP) is 1.80. The summed E-state index contributed by atoms with van der Waals surface area (Å²) in [7, 11) is 0. The number of aromatic nitrogens is 2. The lowest BCUT2D eigenvalue weighted by Crippen LogP contribution is -2.01. The fourth-order valence-corrected chi connectivity index (χ4v) is 1.93. The number of esters is 1. The standard InChI is InChI=1S/C8H8N2O2S/c1-2-12-8(11)6-3-5-4-9-10-7(5)13-6/h3-4H,2H2,1H3,(H,9,10). The molecule has 0 spiro atoms. The first-order valence-corrected chi connectivity index (χ1v) is 4.73. The lowest BCUT2D eigenvalue weighted by Gasteiger charge is -1.95. The SMILES string of the molecule is CCOC(=O)c1cc2cn[nH]c2s1. The second kappa shape index (κ2) is 3.18. The number of hydrogen-bond acceptors (Lipinski definition) is 4. The normalized spacial score (nSPS) is 10.5. The van der Waals surface area contributed by atoms with E-state index >= 15 is 0 Å². The molecule has 2 rings (SSSR count). The number of aromatic amines is 1. The Kier molecular flexibility index (Phi) is 2.02. The highest BCUT2D eigenvalue weighted by atomic mass is 32.1. The molecule has 0 fully saturated rings. The second-order valence-corrected chi connectivity index (χ2v) is 3.54. The Morgan fingerprint density at radius 1 is 1.77 bits per heavy atom. The fraction of sp³-hybridized carbons (Fsp3) is 0.250. The maximum absolute atomic E-state index is 11.3. The first kappa shape index (κ1) is 8.25. The number of thiophene rings is 1. The van der Waals surface area contributed by atoms with Crippen LogP contribution in [0.2, 0.25) is 0 Å². The van der Waals surface area contributed by atoms with Gasteiger partial charge in [-0.1, -0.05) is 0 Å². The van der Waals surface area contributed by atoms with Gasteiger partial charge in [0.1, 0.15) is 9.71 Å². The molecule has 0 unspecified atom stereocenters. The third kappa shape index (κ3) is 1.42. The quantitative estimate of drug-likeness (QED) is 0.745. The summed E-state index contributed by atoms with van der Waals surface area (Å²) in [5, 5.41) is 7.59. The molecule has 0 bridgehead atoms. The molecule has 13 heavy (non-hydrogen) atoms. The van der Waals surface area contributed by atoms with Crippen molar-refractivity contribution < 1.29 is 9.53 Å². The number of nitrogens with zero attached hydrogens (tertiary/aromatic N) is 1. The lowest BCUT2D eigenvalue weighted by atomic mass is 10.4. The summed E-state index contributed by atoms with van der Waals surface area (Å²) in [6, 6.07) is 1.78. The van der Waals surface area contributed by atoms with Crippen molar-refractivity contribution in [2.24, 2.45) is 0 Å². The summed E-state index contributed by atoms with van der Waals surface area (Å²) in [5.41, 5.74) is 0. The number of fused-ring (bicyclic) bond motifs is 1. The fourth-order valence-electron chi connectivity index (χ4n) is 1.05. The monoisotopic (exact) mass is 196 g/mol. The van der Waals surface area contributed by atoms with Crippen LogP contribution in [0, 0.1) is 0 Å². The number of H-pyrrole nitrogens is 1. The van der Waals surface area contributed by atoms with Gasteiger partial charge in [0.05, 0.1) is 12.8 Å². The van der Waals surface area contributed by atoms with Crippen molar-refractivity contribution in [2.45, 2.75) is 6.92 Å². The van der Waals surface area contributed by atoms with Crippen LogP contribution in [0.5, 0.6) is 0 Å². The zero-order chi connectivity index (χ0) is 9.26. The minimum atomic E-state index is -0.267. The molecule has 0 radical (unpaired) electrons. The van der Waals surface area contributed by atoms with Crippen LogP contribution in [0.3, 0.4) is 0 Å². The summed E-state index contributed by atoms with van der Waals surface area (Å²) in [4.78, 5) is 12.8. The molecular formula is C8H8N2O2S. The second-order valence-electron chi connectivity index (χ2n) is 2.49. The zero-order valence-electron chi connectivity index (χ0n) is 7.03. The van der Waals surface area contributed by atoms with Crippen molar-refractivity contribution >= 4 is 27.5 Å². The number of nitrogens with one attached hydrogen (secondary N) is 1. The first-order chi connectivity index (χ1) is 6.31. The lowest BCUT2D eigenvalue weighted by molar-refractivity contribution is 0.0532. The molecule has 0 saturated carbocycles. The molecule has 2 heterocycles. The van der Waals surface area contributed by atoms with Crippen molar-refractivity contribution in [1.82, 2.24) is 10.2 Å². The molecule has 0 aliphatic carbocycles. The number of ether oxygens (including phenoxy) is 1. The molecule has 0 atom stereocenters. The summed E-state index contributed by atoms with van der Waals surface area (Å²) in [6.07, 6.45) is 1.69. The molecule has 0 aliphatic heterocycles. The Balaban J connectivity index is 2.34. The minimum absolute atomic E-state index is 0.267. The van der Waals surface area contributed by atoms with Crippen molar-refractivity contribution in [3.63, 3.8) is 0 Å². The average Bonchev–Trinajstić information content (AvgIpc) is 2.61. The Bertz CT molecular complexity index is 403. The maximum atomic E-state index is 11.3. The predicted molar refractivity (Wildman–Crippen MR) is 49.9 cm³/mol. The van der Waals surface area contributed by atoms with Crippen LogP contribution in [0.1, 0.15) is 16.6 Å². The molecule has 0 saturated heterocycles. The van der Waals surface area contributed by atoms with E-state index in [1.165, 1.54) is 11.3 Å². The Morgan fingerprint density at radius 2 is 2.62 bits per heavy atom. The molecule has 1 N–H and O–H groups in total. The molecule has 2 aromatic heterocycles. The van der Waals surface area contributed by atoms with Gasteiger partial charge in [0.25, 0.3) is 0 Å². The van der Waals surface area contributed by atoms with Crippen LogP contribution < -0.4 is 0 Å². The molecule has 0 aromatic carbocycles. The Labute approximate surface area is 78.5 Å². The van der Waals surface area contributed by atoms with E-state index in [9.17, 15) is 4.79 Å². The van der Waals surface area contributed by atoms with Gasteiger partial charge in [0.2, 0.25) is 0 Å². The summed E-state index contributed by atoms with van der Waals surface area (Å²) < 4.78 is 4.86. The third-order valence-electron chi connectivity index (χ3n) is 1.61. The van der Waals surface area contributed by atoms with E-state index in [0.717, 1.165) is 10.2 Å². The number of carbonyl (C=O) groups is 1. The topological polar surface area (TPSA) is 55.0 Å². The van der Waals surface area contributed by atoms with Crippen molar-refractivity contribution in [3.05, 3.63) is 17.1 Å². The first-order valence-electron chi connectivity index (χ1n) is 3.91. The van der Waals surface area contributed by atoms with Gasteiger partial charge in [0.15, 0.2) is 0 Å². The van der Waals surface area contributed by atoms with E-state index in [-0.39, 0.29) is 5.97 Å². The van der Waals surface area contributed by atoms with Gasteiger partial charge in [-0.05, 0) is 13.0 Å². The van der Waals surface area contributed by atoms with Crippen LogP contribution >= 0.6 is 11.3 Å². The van der Waals surface area contributed by atoms with E-state index in [0.29, 0.717) is 11.5 Å². The van der Waals surface area contributed by atoms with Gasteiger partial charge in [-0.15, -0.1) is 11.3 Å².